The molecule has 2 aromatic rings. The summed E-state index contributed by atoms with van der Waals surface area (Å²) in [6.07, 6.45) is 3.19. The van der Waals surface area contributed by atoms with Crippen LogP contribution in [0.2, 0.25) is 0 Å². The van der Waals surface area contributed by atoms with E-state index < -0.39 is 6.10 Å². The second-order valence-electron chi connectivity index (χ2n) is 5.91. The minimum absolute atomic E-state index is 0.0471. The molecule has 0 aliphatic carbocycles. The highest BCUT2D eigenvalue weighted by Crippen LogP contribution is 2.22. The average Bonchev–Trinajstić information content (AvgIpc) is 3.23. The summed E-state index contributed by atoms with van der Waals surface area (Å²) in [5, 5.41) is 17.7. The van der Waals surface area contributed by atoms with Crippen LogP contribution >= 0.6 is 11.3 Å². The lowest BCUT2D eigenvalue weighted by Gasteiger charge is -2.37. The van der Waals surface area contributed by atoms with Crippen molar-refractivity contribution < 1.29 is 14.4 Å². The second-order valence-corrected chi connectivity index (χ2v) is 6.69. The van der Waals surface area contributed by atoms with Crippen molar-refractivity contribution >= 4 is 17.2 Å². The molecule has 3 rings (SSSR count). The number of aliphatic hydroxyl groups is 1. The van der Waals surface area contributed by atoms with Crippen molar-refractivity contribution in [2.24, 2.45) is 0 Å². The van der Waals surface area contributed by atoms with E-state index in [1.807, 2.05) is 21.7 Å². The number of aromatic nitrogens is 2. The lowest BCUT2D eigenvalue weighted by atomic mass is 9.97. The monoisotopic (exact) mass is 335 g/mol. The predicted octanol–water partition coefficient (Wildman–Crippen LogP) is 2.49. The van der Waals surface area contributed by atoms with E-state index in [2.05, 4.69) is 10.1 Å². The zero-order valence-corrected chi connectivity index (χ0v) is 14.0. The van der Waals surface area contributed by atoms with Gasteiger partial charge in [0.05, 0.1) is 12.1 Å². The van der Waals surface area contributed by atoms with Gasteiger partial charge in [0, 0.05) is 30.3 Å². The average molecular weight is 335 g/mol. The lowest BCUT2D eigenvalue weighted by Crippen LogP contribution is -2.49. The molecular formula is C16H21N3O3S. The number of likely N-dealkylation sites (tertiary alicyclic amines) is 1. The van der Waals surface area contributed by atoms with Crippen LogP contribution in [0, 0.1) is 0 Å². The van der Waals surface area contributed by atoms with Crippen molar-refractivity contribution in [3.63, 3.8) is 0 Å². The molecule has 0 bridgehead atoms. The Balaban J connectivity index is 1.58. The van der Waals surface area contributed by atoms with Crippen LogP contribution in [0.25, 0.3) is 11.4 Å². The topological polar surface area (TPSA) is 79.5 Å². The van der Waals surface area contributed by atoms with Gasteiger partial charge in [0.25, 0.3) is 0 Å². The maximum Gasteiger partial charge on any atom is 0.227 e. The molecule has 0 aromatic carbocycles. The first kappa shape index (κ1) is 16.1. The molecule has 1 N–H and O–H groups in total. The van der Waals surface area contributed by atoms with Crippen LogP contribution < -0.4 is 0 Å². The standard InChI is InChI=1S/C16H21N3O3S/c1-11(20)13-4-2-3-8-19(13)15(21)6-5-14-17-16(18-22-14)12-7-9-23-10-12/h7,9-11,13,20H,2-6,8H2,1H3. The molecule has 2 atom stereocenters. The Morgan fingerprint density at radius 1 is 1.57 bits per heavy atom. The molecule has 0 spiro atoms. The van der Waals surface area contributed by atoms with Crippen LogP contribution in [0.4, 0.5) is 0 Å². The fourth-order valence-electron chi connectivity index (χ4n) is 2.99. The van der Waals surface area contributed by atoms with Gasteiger partial charge in [-0.2, -0.15) is 16.3 Å². The normalized spacial score (nSPS) is 19.7. The molecule has 0 radical (unpaired) electrons. The molecule has 1 aliphatic heterocycles. The number of nitrogens with zero attached hydrogens (tertiary/aromatic N) is 3. The third-order valence-corrected chi connectivity index (χ3v) is 4.91. The zero-order chi connectivity index (χ0) is 16.2. The Morgan fingerprint density at radius 2 is 2.43 bits per heavy atom. The van der Waals surface area contributed by atoms with Crippen LogP contribution in [0.1, 0.15) is 38.5 Å². The number of thiophene rings is 1. The van der Waals surface area contributed by atoms with E-state index in [0.29, 0.717) is 24.6 Å². The van der Waals surface area contributed by atoms with E-state index in [4.69, 9.17) is 4.52 Å². The summed E-state index contributed by atoms with van der Waals surface area (Å²) < 4.78 is 5.22. The van der Waals surface area contributed by atoms with E-state index in [0.717, 1.165) is 31.4 Å². The number of rotatable bonds is 5. The molecule has 3 heterocycles. The number of amides is 1. The Kier molecular flexibility index (Phi) is 5.07. The van der Waals surface area contributed by atoms with E-state index >= 15 is 0 Å². The largest absolute Gasteiger partial charge is 0.391 e. The molecule has 2 aromatic heterocycles. The molecule has 6 nitrogen and oxygen atoms in total. The highest BCUT2D eigenvalue weighted by atomic mass is 32.1. The molecule has 0 saturated carbocycles. The van der Waals surface area contributed by atoms with Gasteiger partial charge in [-0.25, -0.2) is 0 Å². The molecule has 1 aliphatic rings. The summed E-state index contributed by atoms with van der Waals surface area (Å²) in [5.74, 6) is 1.09. The Morgan fingerprint density at radius 3 is 3.17 bits per heavy atom. The molecule has 1 amide bonds. The van der Waals surface area contributed by atoms with Gasteiger partial charge in [0.15, 0.2) is 0 Å². The summed E-state index contributed by atoms with van der Waals surface area (Å²) in [7, 11) is 0. The van der Waals surface area contributed by atoms with Gasteiger partial charge < -0.3 is 14.5 Å². The van der Waals surface area contributed by atoms with Crippen LogP contribution in [-0.4, -0.2) is 44.7 Å². The quantitative estimate of drug-likeness (QED) is 0.908. The van der Waals surface area contributed by atoms with E-state index in [1.165, 1.54) is 0 Å². The van der Waals surface area contributed by atoms with Crippen molar-refractivity contribution in [3.05, 3.63) is 22.7 Å². The van der Waals surface area contributed by atoms with Crippen LogP contribution in [0.3, 0.4) is 0 Å². The molecule has 7 heteroatoms. The number of hydrogen-bond donors (Lipinski definition) is 1. The van der Waals surface area contributed by atoms with Crippen molar-refractivity contribution in [2.45, 2.75) is 51.2 Å². The summed E-state index contributed by atoms with van der Waals surface area (Å²) in [5.41, 5.74) is 0.932. The SMILES string of the molecule is CC(O)C1CCCCN1C(=O)CCc1nc(-c2ccsc2)no1. The third kappa shape index (κ3) is 3.79. The molecule has 23 heavy (non-hydrogen) atoms. The Hall–Kier alpha value is -1.73. The highest BCUT2D eigenvalue weighted by Gasteiger charge is 2.29. The maximum absolute atomic E-state index is 12.4. The second kappa shape index (κ2) is 7.23. The van der Waals surface area contributed by atoms with Gasteiger partial charge >= 0.3 is 0 Å². The van der Waals surface area contributed by atoms with Gasteiger partial charge in [0.1, 0.15) is 0 Å². The summed E-state index contributed by atoms with van der Waals surface area (Å²) >= 11 is 1.58. The number of piperidine rings is 1. The van der Waals surface area contributed by atoms with Crippen molar-refractivity contribution in [1.29, 1.82) is 0 Å². The number of hydrogen-bond acceptors (Lipinski definition) is 6. The van der Waals surface area contributed by atoms with E-state index in [9.17, 15) is 9.90 Å². The number of carbonyl (C=O) groups is 1. The van der Waals surface area contributed by atoms with E-state index in [-0.39, 0.29) is 11.9 Å². The molecule has 1 saturated heterocycles. The first-order valence-corrected chi connectivity index (χ1v) is 8.92. The molecule has 124 valence electrons. The van der Waals surface area contributed by atoms with Crippen molar-refractivity contribution in [1.82, 2.24) is 15.0 Å². The van der Waals surface area contributed by atoms with Gasteiger partial charge in [0.2, 0.25) is 17.6 Å². The Labute approximate surface area is 139 Å². The van der Waals surface area contributed by atoms with E-state index in [1.54, 1.807) is 18.3 Å². The van der Waals surface area contributed by atoms with Gasteiger partial charge in [-0.05, 0) is 37.6 Å². The predicted molar refractivity (Wildman–Crippen MR) is 87.0 cm³/mol. The van der Waals surface area contributed by atoms with Crippen LogP contribution in [-0.2, 0) is 11.2 Å². The minimum atomic E-state index is -0.493. The van der Waals surface area contributed by atoms with Crippen molar-refractivity contribution in [3.8, 4) is 11.4 Å². The lowest BCUT2D eigenvalue weighted by molar-refractivity contribution is -0.137. The Bertz CT molecular complexity index is 639. The fourth-order valence-corrected chi connectivity index (χ4v) is 3.63. The van der Waals surface area contributed by atoms with Crippen LogP contribution in [0.5, 0.6) is 0 Å². The minimum Gasteiger partial charge on any atom is -0.391 e. The smallest absolute Gasteiger partial charge is 0.227 e. The molecule has 2 unspecified atom stereocenters. The van der Waals surface area contributed by atoms with Gasteiger partial charge in [-0.3, -0.25) is 4.79 Å². The zero-order valence-electron chi connectivity index (χ0n) is 13.1. The highest BCUT2D eigenvalue weighted by molar-refractivity contribution is 7.08. The summed E-state index contributed by atoms with van der Waals surface area (Å²) in [6, 6.07) is 1.87. The maximum atomic E-state index is 12.4. The number of carbonyl (C=O) groups excluding carboxylic acids is 1. The number of aliphatic hydroxyl groups excluding tert-OH is 1. The molecular weight excluding hydrogens is 314 g/mol. The summed E-state index contributed by atoms with van der Waals surface area (Å²) in [4.78, 5) is 18.6. The van der Waals surface area contributed by atoms with Gasteiger partial charge in [-0.15, -0.1) is 0 Å². The first-order chi connectivity index (χ1) is 11.1. The molecule has 1 fully saturated rings. The summed E-state index contributed by atoms with van der Waals surface area (Å²) in [6.45, 7) is 2.47. The van der Waals surface area contributed by atoms with Gasteiger partial charge in [-0.1, -0.05) is 5.16 Å². The van der Waals surface area contributed by atoms with Crippen molar-refractivity contribution in [2.75, 3.05) is 6.54 Å². The fraction of sp³-hybridized carbons (Fsp3) is 0.562. The number of aryl methyl sites for hydroxylation is 1. The third-order valence-electron chi connectivity index (χ3n) is 4.23. The first-order valence-electron chi connectivity index (χ1n) is 7.98. The van der Waals surface area contributed by atoms with Crippen LogP contribution in [0.15, 0.2) is 21.3 Å².